The highest BCUT2D eigenvalue weighted by molar-refractivity contribution is 9.10. The van der Waals surface area contributed by atoms with E-state index in [4.69, 9.17) is 16.3 Å². The van der Waals surface area contributed by atoms with E-state index in [0.29, 0.717) is 17.3 Å². The van der Waals surface area contributed by atoms with E-state index < -0.39 is 5.91 Å². The number of nitriles is 1. The highest BCUT2D eigenvalue weighted by atomic mass is 79.9. The molecule has 36 heavy (non-hydrogen) atoms. The van der Waals surface area contributed by atoms with Crippen LogP contribution in [0.1, 0.15) is 22.5 Å². The van der Waals surface area contributed by atoms with Crippen LogP contribution in [0.2, 0.25) is 5.02 Å². The van der Waals surface area contributed by atoms with Gasteiger partial charge in [0.2, 0.25) is 0 Å². The maximum atomic E-state index is 12.7. The van der Waals surface area contributed by atoms with E-state index in [0.717, 1.165) is 38.4 Å². The monoisotopic (exact) mass is 559 g/mol. The summed E-state index contributed by atoms with van der Waals surface area (Å²) in [7, 11) is 0. The van der Waals surface area contributed by atoms with Crippen LogP contribution in [0.15, 0.2) is 88.9 Å². The lowest BCUT2D eigenvalue weighted by atomic mass is 10.1. The van der Waals surface area contributed by atoms with Gasteiger partial charge in [-0.2, -0.15) is 5.26 Å². The van der Waals surface area contributed by atoms with Crippen molar-refractivity contribution in [2.45, 2.75) is 20.5 Å². The Morgan fingerprint density at radius 1 is 1.08 bits per heavy atom. The van der Waals surface area contributed by atoms with Crippen LogP contribution < -0.4 is 10.1 Å². The number of benzene rings is 3. The summed E-state index contributed by atoms with van der Waals surface area (Å²) < 4.78 is 9.03. The molecule has 0 saturated heterocycles. The van der Waals surface area contributed by atoms with Gasteiger partial charge in [-0.15, -0.1) is 0 Å². The molecule has 0 fully saturated rings. The maximum Gasteiger partial charge on any atom is 0.266 e. The number of rotatable bonds is 7. The van der Waals surface area contributed by atoms with E-state index in [1.54, 1.807) is 30.3 Å². The maximum absolute atomic E-state index is 12.7. The van der Waals surface area contributed by atoms with Crippen LogP contribution in [0.4, 0.5) is 5.69 Å². The van der Waals surface area contributed by atoms with Crippen LogP contribution >= 0.6 is 27.5 Å². The molecule has 5 nitrogen and oxygen atoms in total. The number of anilines is 1. The second-order valence-electron chi connectivity index (χ2n) is 8.21. The summed E-state index contributed by atoms with van der Waals surface area (Å²) in [4.78, 5) is 12.7. The van der Waals surface area contributed by atoms with Gasteiger partial charge in [0.05, 0.1) is 0 Å². The first kappa shape index (κ1) is 25.3. The van der Waals surface area contributed by atoms with Crippen LogP contribution in [0, 0.1) is 25.2 Å². The molecule has 1 aromatic heterocycles. The number of halogens is 2. The Hall–Kier alpha value is -3.79. The molecule has 0 bridgehead atoms. The first-order valence-electron chi connectivity index (χ1n) is 11.2. The zero-order chi connectivity index (χ0) is 25.7. The Labute approximate surface area is 223 Å². The molecule has 7 heteroatoms. The Kier molecular flexibility index (Phi) is 7.94. The topological polar surface area (TPSA) is 67.0 Å². The molecule has 1 heterocycles. The zero-order valence-electron chi connectivity index (χ0n) is 19.8. The van der Waals surface area contributed by atoms with Gasteiger partial charge in [0, 0.05) is 32.3 Å². The number of nitrogens with one attached hydrogen (secondary N) is 1. The van der Waals surface area contributed by atoms with Gasteiger partial charge in [0.25, 0.3) is 5.91 Å². The van der Waals surface area contributed by atoms with Gasteiger partial charge in [0.1, 0.15) is 24.0 Å². The van der Waals surface area contributed by atoms with Gasteiger partial charge in [-0.1, -0.05) is 45.7 Å². The highest BCUT2D eigenvalue weighted by Gasteiger charge is 2.14. The summed E-state index contributed by atoms with van der Waals surface area (Å²) in [6.07, 6.45) is 1.61. The Bertz CT molecular complexity index is 1470. The molecule has 0 aliphatic rings. The van der Waals surface area contributed by atoms with Crippen molar-refractivity contribution in [2.24, 2.45) is 0 Å². The summed E-state index contributed by atoms with van der Waals surface area (Å²) in [5.74, 6) is 0.283. The average molecular weight is 561 g/mol. The second-order valence-corrected chi connectivity index (χ2v) is 9.56. The highest BCUT2D eigenvalue weighted by Crippen LogP contribution is 2.25. The number of aryl methyl sites for hydroxylation is 1. The summed E-state index contributed by atoms with van der Waals surface area (Å²) in [6.45, 7) is 4.43. The fourth-order valence-corrected chi connectivity index (χ4v) is 4.29. The van der Waals surface area contributed by atoms with E-state index in [9.17, 15) is 10.1 Å². The lowest BCUT2D eigenvalue weighted by Gasteiger charge is -2.12. The number of aromatic nitrogens is 1. The zero-order valence-corrected chi connectivity index (χ0v) is 22.1. The largest absolute Gasteiger partial charge is 0.489 e. The minimum Gasteiger partial charge on any atom is -0.489 e. The molecule has 4 aromatic rings. The van der Waals surface area contributed by atoms with Crippen molar-refractivity contribution in [1.82, 2.24) is 4.57 Å². The number of hydrogen-bond donors (Lipinski definition) is 1. The molecule has 0 radical (unpaired) electrons. The molecule has 0 aliphatic carbocycles. The second kappa shape index (κ2) is 11.3. The van der Waals surface area contributed by atoms with E-state index in [1.807, 2.05) is 74.5 Å². The van der Waals surface area contributed by atoms with Crippen LogP contribution in [0.25, 0.3) is 11.8 Å². The SMILES string of the molecule is Cc1cc(/C=C(/C#N)C(=O)Nc2cccc(Cl)c2)c(C)n1-c1ccc(OCc2ccc(Br)cc2)cc1. The van der Waals surface area contributed by atoms with Crippen LogP contribution in [0.3, 0.4) is 0 Å². The van der Waals surface area contributed by atoms with E-state index in [1.165, 1.54) is 0 Å². The fraction of sp³-hybridized carbons (Fsp3) is 0.103. The number of hydrogen-bond acceptors (Lipinski definition) is 3. The Morgan fingerprint density at radius 2 is 1.81 bits per heavy atom. The molecule has 0 aliphatic heterocycles. The van der Waals surface area contributed by atoms with Gasteiger partial charge in [-0.25, -0.2) is 0 Å². The van der Waals surface area contributed by atoms with Gasteiger partial charge >= 0.3 is 0 Å². The van der Waals surface area contributed by atoms with Crippen LogP contribution in [-0.4, -0.2) is 10.5 Å². The predicted octanol–water partition coefficient (Wildman–Crippen LogP) is 7.63. The Morgan fingerprint density at radius 3 is 2.47 bits per heavy atom. The lowest BCUT2D eigenvalue weighted by molar-refractivity contribution is -0.112. The fourth-order valence-electron chi connectivity index (χ4n) is 3.84. The van der Waals surface area contributed by atoms with Crippen molar-refractivity contribution in [1.29, 1.82) is 5.26 Å². The van der Waals surface area contributed by atoms with E-state index in [-0.39, 0.29) is 5.57 Å². The molecular formula is C29H23BrClN3O2. The summed E-state index contributed by atoms with van der Waals surface area (Å²) >= 11 is 9.43. The van der Waals surface area contributed by atoms with E-state index in [2.05, 4.69) is 25.8 Å². The molecule has 3 aromatic carbocycles. The van der Waals surface area contributed by atoms with Crippen LogP contribution in [-0.2, 0) is 11.4 Å². The average Bonchev–Trinajstić information content (AvgIpc) is 3.15. The third-order valence-corrected chi connectivity index (χ3v) is 6.40. The quantitative estimate of drug-likeness (QED) is 0.187. The van der Waals surface area contributed by atoms with Crippen molar-refractivity contribution in [3.8, 4) is 17.5 Å². The number of amides is 1. The van der Waals surface area contributed by atoms with Crippen molar-refractivity contribution >= 4 is 45.2 Å². The summed E-state index contributed by atoms with van der Waals surface area (Å²) in [5.41, 5.74) is 5.27. The molecule has 4 rings (SSSR count). The first-order valence-corrected chi connectivity index (χ1v) is 12.4. The van der Waals surface area contributed by atoms with Crippen molar-refractivity contribution < 1.29 is 9.53 Å². The minimum absolute atomic E-state index is 0.00640. The standard InChI is InChI=1S/C29H23BrClN3O2/c1-19-14-22(15-23(17-32)29(35)33-26-5-3-4-25(31)16-26)20(2)34(19)27-10-12-28(13-11-27)36-18-21-6-8-24(30)9-7-21/h3-16H,18H2,1-2H3,(H,33,35)/b23-15-. The van der Waals surface area contributed by atoms with Crippen molar-refractivity contribution in [2.75, 3.05) is 5.32 Å². The number of carbonyl (C=O) groups excluding carboxylic acids is 1. The molecule has 180 valence electrons. The van der Waals surface area contributed by atoms with Gasteiger partial charge in [-0.05, 0) is 91.7 Å². The normalized spacial score (nSPS) is 11.1. The molecule has 0 atom stereocenters. The smallest absolute Gasteiger partial charge is 0.266 e. The molecule has 0 saturated carbocycles. The van der Waals surface area contributed by atoms with Crippen LogP contribution in [0.5, 0.6) is 5.75 Å². The predicted molar refractivity (Wildman–Crippen MR) is 147 cm³/mol. The molecule has 1 amide bonds. The Balaban J connectivity index is 1.51. The van der Waals surface area contributed by atoms with E-state index >= 15 is 0 Å². The van der Waals surface area contributed by atoms with Crippen molar-refractivity contribution in [3.63, 3.8) is 0 Å². The molecule has 0 unspecified atom stereocenters. The minimum atomic E-state index is -0.489. The summed E-state index contributed by atoms with van der Waals surface area (Å²) in [5, 5.41) is 12.8. The number of nitrogens with zero attached hydrogens (tertiary/aromatic N) is 2. The van der Waals surface area contributed by atoms with Crippen molar-refractivity contribution in [3.05, 3.63) is 116 Å². The van der Waals surface area contributed by atoms with Gasteiger partial charge < -0.3 is 14.6 Å². The molecule has 1 N–H and O–H groups in total. The number of carbonyl (C=O) groups is 1. The lowest BCUT2D eigenvalue weighted by Crippen LogP contribution is -2.13. The number of ether oxygens (including phenoxy) is 1. The van der Waals surface area contributed by atoms with Gasteiger partial charge in [0.15, 0.2) is 0 Å². The summed E-state index contributed by atoms with van der Waals surface area (Å²) in [6, 6.07) is 26.6. The molecule has 0 spiro atoms. The molecular weight excluding hydrogens is 538 g/mol. The first-order chi connectivity index (χ1) is 17.3. The third-order valence-electron chi connectivity index (χ3n) is 5.63. The third kappa shape index (κ3) is 6.06. The van der Waals surface area contributed by atoms with Gasteiger partial charge in [-0.3, -0.25) is 4.79 Å².